The van der Waals surface area contributed by atoms with Gasteiger partial charge in [-0.15, -0.1) is 0 Å². The Morgan fingerprint density at radius 3 is 1.83 bits per heavy atom. The molecule has 1 aliphatic carbocycles. The molecule has 1 aliphatic rings. The minimum absolute atomic E-state index is 0.468. The van der Waals surface area contributed by atoms with Gasteiger partial charge < -0.3 is 14.9 Å². The Kier molecular flexibility index (Phi) is 6.93. The molecule has 0 fully saturated rings. The first-order valence-corrected chi connectivity index (χ1v) is 10.3. The van der Waals surface area contributed by atoms with E-state index in [0.717, 1.165) is 53.7 Å². The molecule has 5 heteroatoms. The lowest BCUT2D eigenvalue weighted by Gasteiger charge is -2.12. The predicted molar refractivity (Wildman–Crippen MR) is 114 cm³/mol. The van der Waals surface area contributed by atoms with Crippen molar-refractivity contribution in [2.45, 2.75) is 58.0 Å². The summed E-state index contributed by atoms with van der Waals surface area (Å²) in [6, 6.07) is 15.3. The Balaban J connectivity index is 1.61. The van der Waals surface area contributed by atoms with Crippen LogP contribution in [0.25, 0.3) is 0 Å². The van der Waals surface area contributed by atoms with Gasteiger partial charge in [0, 0.05) is 6.42 Å². The summed E-state index contributed by atoms with van der Waals surface area (Å²) in [5, 5.41) is 18.3. The second-order valence-electron chi connectivity index (χ2n) is 7.95. The van der Waals surface area contributed by atoms with Crippen LogP contribution in [0, 0.1) is 0 Å². The Hall–Kier alpha value is -3.08. The van der Waals surface area contributed by atoms with Crippen molar-refractivity contribution in [2.24, 2.45) is 0 Å². The number of ether oxygens (including phenoxy) is 1. The van der Waals surface area contributed by atoms with E-state index in [0.29, 0.717) is 6.61 Å². The molecule has 2 aromatic carbocycles. The van der Waals surface area contributed by atoms with Crippen LogP contribution < -0.4 is 0 Å². The maximum absolute atomic E-state index is 11.1. The third-order valence-corrected chi connectivity index (χ3v) is 5.81. The van der Waals surface area contributed by atoms with Crippen molar-refractivity contribution in [1.82, 2.24) is 0 Å². The van der Waals surface area contributed by atoms with E-state index in [-0.39, 0.29) is 0 Å². The number of aliphatic carboxylic acids is 2. The van der Waals surface area contributed by atoms with Gasteiger partial charge in [0.2, 0.25) is 0 Å². The molecule has 2 N–H and O–H groups in total. The summed E-state index contributed by atoms with van der Waals surface area (Å²) < 4.78 is 6.10. The van der Waals surface area contributed by atoms with Crippen LogP contribution in [0.2, 0.25) is 0 Å². The predicted octanol–water partition coefficient (Wildman–Crippen LogP) is 5.26. The quantitative estimate of drug-likeness (QED) is 0.591. The van der Waals surface area contributed by atoms with E-state index < -0.39 is 23.8 Å². The number of benzene rings is 2. The van der Waals surface area contributed by atoms with Gasteiger partial charge in [0.1, 0.15) is 6.61 Å². The summed E-state index contributed by atoms with van der Waals surface area (Å²) in [7, 11) is 0. The number of carboxylic acid groups (broad SMARTS) is 2. The first-order chi connectivity index (χ1) is 14.3. The van der Waals surface area contributed by atoms with Gasteiger partial charge >= 0.3 is 11.9 Å². The normalized spacial score (nSPS) is 15.7. The van der Waals surface area contributed by atoms with Crippen molar-refractivity contribution in [2.75, 3.05) is 0 Å². The van der Waals surface area contributed by atoms with Crippen molar-refractivity contribution in [3.05, 3.63) is 82.1 Å². The highest BCUT2D eigenvalue weighted by molar-refractivity contribution is 5.76. The number of hydrogen-bond donors (Lipinski definition) is 2. The molecule has 0 saturated carbocycles. The summed E-state index contributed by atoms with van der Waals surface area (Å²) in [4.78, 5) is 22.2. The van der Waals surface area contributed by atoms with E-state index in [1.54, 1.807) is 13.8 Å². The molecule has 0 radical (unpaired) electrons. The molecule has 2 atom stereocenters. The monoisotopic (exact) mass is 408 g/mol. The molecule has 5 nitrogen and oxygen atoms in total. The lowest BCUT2D eigenvalue weighted by Crippen LogP contribution is -2.07. The van der Waals surface area contributed by atoms with E-state index in [4.69, 9.17) is 14.9 Å². The fourth-order valence-corrected chi connectivity index (χ4v) is 3.67. The largest absolute Gasteiger partial charge is 0.493 e. The highest BCUT2D eigenvalue weighted by Gasteiger charge is 2.18. The smallest absolute Gasteiger partial charge is 0.310 e. The van der Waals surface area contributed by atoms with Crippen LogP contribution in [0.3, 0.4) is 0 Å². The average Bonchev–Trinajstić information content (AvgIpc) is 3.19. The van der Waals surface area contributed by atoms with Gasteiger partial charge in [0.25, 0.3) is 0 Å². The summed E-state index contributed by atoms with van der Waals surface area (Å²) >= 11 is 0. The molecule has 2 aromatic rings. The standard InChI is InChI=1S/C25H28O5/c1-16(24(26)27)20-10-6-18(7-11-20)14-22-4-3-5-23(22)30-15-19-8-12-21(13-9-19)17(2)25(28)29/h6-13,16-17H,3-5,14-15H2,1-2H3,(H,26,27)(H,28,29). The fourth-order valence-electron chi connectivity index (χ4n) is 3.67. The molecule has 0 amide bonds. The zero-order valence-electron chi connectivity index (χ0n) is 17.4. The Morgan fingerprint density at radius 1 is 0.833 bits per heavy atom. The third kappa shape index (κ3) is 5.29. The molecule has 158 valence electrons. The molecule has 0 heterocycles. The van der Waals surface area contributed by atoms with Crippen molar-refractivity contribution in [1.29, 1.82) is 0 Å². The number of hydrogen-bond acceptors (Lipinski definition) is 3. The minimum Gasteiger partial charge on any atom is -0.493 e. The molecule has 0 aliphatic heterocycles. The molecule has 0 bridgehead atoms. The summed E-state index contributed by atoms with van der Waals surface area (Å²) in [6.45, 7) is 3.84. The van der Waals surface area contributed by atoms with E-state index in [2.05, 4.69) is 0 Å². The summed E-state index contributed by atoms with van der Waals surface area (Å²) in [6.07, 6.45) is 3.83. The number of carboxylic acids is 2. The van der Waals surface area contributed by atoms with Crippen molar-refractivity contribution >= 4 is 11.9 Å². The molecule has 3 rings (SSSR count). The number of carbonyl (C=O) groups is 2. The number of rotatable bonds is 9. The average molecular weight is 408 g/mol. The first-order valence-electron chi connectivity index (χ1n) is 10.3. The molecule has 2 unspecified atom stereocenters. The lowest BCUT2D eigenvalue weighted by atomic mass is 9.97. The second kappa shape index (κ2) is 9.61. The zero-order chi connectivity index (χ0) is 21.7. The maximum atomic E-state index is 11.1. The van der Waals surface area contributed by atoms with E-state index >= 15 is 0 Å². The van der Waals surface area contributed by atoms with Crippen LogP contribution in [0.1, 0.15) is 67.2 Å². The lowest BCUT2D eigenvalue weighted by molar-refractivity contribution is -0.139. The third-order valence-electron chi connectivity index (χ3n) is 5.81. The van der Waals surface area contributed by atoms with Gasteiger partial charge in [-0.1, -0.05) is 48.5 Å². The second-order valence-corrected chi connectivity index (χ2v) is 7.95. The SMILES string of the molecule is CC(C(=O)O)c1ccc(COC2=C(Cc3ccc(C(C)C(=O)O)cc3)CCC2)cc1. The van der Waals surface area contributed by atoms with Crippen molar-refractivity contribution in [3.63, 3.8) is 0 Å². The van der Waals surface area contributed by atoms with Gasteiger partial charge in [-0.3, -0.25) is 9.59 Å². The number of allylic oxidation sites excluding steroid dienone is 2. The fraction of sp³-hybridized carbons (Fsp3) is 0.360. The van der Waals surface area contributed by atoms with Crippen molar-refractivity contribution in [3.8, 4) is 0 Å². The molecule has 0 aromatic heterocycles. The van der Waals surface area contributed by atoms with Gasteiger partial charge in [-0.05, 0) is 60.9 Å². The Morgan fingerprint density at radius 2 is 1.33 bits per heavy atom. The van der Waals surface area contributed by atoms with Crippen LogP contribution in [0.4, 0.5) is 0 Å². The first kappa shape index (κ1) is 21.6. The Bertz CT molecular complexity index is 925. The van der Waals surface area contributed by atoms with Gasteiger partial charge in [0.05, 0.1) is 17.6 Å². The van der Waals surface area contributed by atoms with Crippen LogP contribution >= 0.6 is 0 Å². The van der Waals surface area contributed by atoms with E-state index in [9.17, 15) is 9.59 Å². The van der Waals surface area contributed by atoms with Crippen LogP contribution in [0.5, 0.6) is 0 Å². The van der Waals surface area contributed by atoms with Crippen LogP contribution in [0.15, 0.2) is 59.9 Å². The van der Waals surface area contributed by atoms with Crippen molar-refractivity contribution < 1.29 is 24.5 Å². The van der Waals surface area contributed by atoms with Crippen LogP contribution in [-0.4, -0.2) is 22.2 Å². The Labute approximate surface area is 177 Å². The van der Waals surface area contributed by atoms with Crippen LogP contribution in [-0.2, 0) is 27.4 Å². The summed E-state index contributed by atoms with van der Waals surface area (Å²) in [5.74, 6) is -1.63. The topological polar surface area (TPSA) is 83.8 Å². The maximum Gasteiger partial charge on any atom is 0.310 e. The molecule has 30 heavy (non-hydrogen) atoms. The van der Waals surface area contributed by atoms with E-state index in [1.165, 1.54) is 5.57 Å². The molecule has 0 spiro atoms. The van der Waals surface area contributed by atoms with Gasteiger partial charge in [0.15, 0.2) is 0 Å². The van der Waals surface area contributed by atoms with E-state index in [1.807, 2.05) is 48.5 Å². The molecular formula is C25H28O5. The van der Waals surface area contributed by atoms with Gasteiger partial charge in [-0.25, -0.2) is 0 Å². The minimum atomic E-state index is -0.829. The summed E-state index contributed by atoms with van der Waals surface area (Å²) in [5.41, 5.74) is 5.06. The zero-order valence-corrected chi connectivity index (χ0v) is 17.4. The highest BCUT2D eigenvalue weighted by atomic mass is 16.5. The van der Waals surface area contributed by atoms with Gasteiger partial charge in [-0.2, -0.15) is 0 Å². The molecule has 0 saturated heterocycles. The molecular weight excluding hydrogens is 380 g/mol. The highest BCUT2D eigenvalue weighted by Crippen LogP contribution is 2.31.